The fourth-order valence-corrected chi connectivity index (χ4v) is 5.83. The fourth-order valence-electron chi connectivity index (χ4n) is 4.81. The number of furan rings is 1. The number of rotatable bonds is 6. The van der Waals surface area contributed by atoms with Crippen LogP contribution in [0.1, 0.15) is 31.2 Å². The molecule has 0 N–H and O–H groups in total. The first-order valence-corrected chi connectivity index (χ1v) is 13.6. The third kappa shape index (κ3) is 4.93. The monoisotopic (exact) mass is 535 g/mol. The second-order valence-corrected chi connectivity index (χ2v) is 10.8. The molecular weight excluding hydrogens is 502 g/mol. The van der Waals surface area contributed by atoms with Crippen molar-refractivity contribution >= 4 is 35.0 Å². The Kier molecular flexibility index (Phi) is 7.27. The maximum Gasteiger partial charge on any atom is 0.338 e. The number of ether oxygens (including phenoxy) is 1. The van der Waals surface area contributed by atoms with Gasteiger partial charge in [-0.05, 0) is 44.7 Å². The van der Waals surface area contributed by atoms with Gasteiger partial charge in [0.25, 0.3) is 5.56 Å². The summed E-state index contributed by atoms with van der Waals surface area (Å²) in [6.07, 6.45) is 1.76. The second-order valence-electron chi connectivity index (χ2n) is 9.75. The summed E-state index contributed by atoms with van der Waals surface area (Å²) in [5.41, 5.74) is 2.54. The van der Waals surface area contributed by atoms with Gasteiger partial charge in [0.1, 0.15) is 5.76 Å². The number of hydrogen-bond donors (Lipinski definition) is 0. The van der Waals surface area contributed by atoms with E-state index in [1.165, 1.54) is 11.3 Å². The van der Waals surface area contributed by atoms with E-state index in [-0.39, 0.29) is 12.2 Å². The molecule has 9 nitrogen and oxygen atoms in total. The Labute approximate surface area is 225 Å². The Bertz CT molecular complexity index is 1540. The number of esters is 1. The van der Waals surface area contributed by atoms with Gasteiger partial charge in [0.05, 0.1) is 28.5 Å². The Hall–Kier alpha value is -3.63. The minimum Gasteiger partial charge on any atom is -0.463 e. The van der Waals surface area contributed by atoms with Crippen LogP contribution >= 0.6 is 11.3 Å². The first-order valence-electron chi connectivity index (χ1n) is 12.8. The number of anilines is 2. The van der Waals surface area contributed by atoms with E-state index in [1.54, 1.807) is 24.5 Å². The Morgan fingerprint density at radius 3 is 2.53 bits per heavy atom. The summed E-state index contributed by atoms with van der Waals surface area (Å²) in [4.78, 5) is 38.6. The lowest BCUT2D eigenvalue weighted by atomic mass is 9.95. The van der Waals surface area contributed by atoms with Crippen LogP contribution in [0.4, 0.5) is 11.6 Å². The maximum atomic E-state index is 13.8. The first kappa shape index (κ1) is 26.0. The van der Waals surface area contributed by atoms with Crippen molar-refractivity contribution in [2.75, 3.05) is 63.7 Å². The lowest BCUT2D eigenvalue weighted by molar-refractivity contribution is -0.139. The molecule has 0 radical (unpaired) electrons. The van der Waals surface area contributed by atoms with E-state index in [0.29, 0.717) is 26.4 Å². The van der Waals surface area contributed by atoms with Gasteiger partial charge in [-0.2, -0.15) is 0 Å². The molecule has 0 aliphatic carbocycles. The molecule has 1 aromatic carbocycles. The van der Waals surface area contributed by atoms with Crippen molar-refractivity contribution in [2.45, 2.75) is 19.9 Å². The smallest absolute Gasteiger partial charge is 0.338 e. The van der Waals surface area contributed by atoms with Crippen molar-refractivity contribution in [3.63, 3.8) is 0 Å². The molecule has 2 aliphatic heterocycles. The largest absolute Gasteiger partial charge is 0.463 e. The third-order valence-electron chi connectivity index (χ3n) is 6.94. The van der Waals surface area contributed by atoms with Gasteiger partial charge < -0.3 is 23.9 Å². The summed E-state index contributed by atoms with van der Waals surface area (Å²) < 4.78 is 13.6. The third-order valence-corrected chi connectivity index (χ3v) is 7.93. The number of likely N-dealkylation sites (N-methyl/N-ethyl adjacent to an activating group) is 1. The van der Waals surface area contributed by atoms with Crippen LogP contribution in [0.15, 0.2) is 61.9 Å². The van der Waals surface area contributed by atoms with Crippen LogP contribution in [0.5, 0.6) is 0 Å². The molecule has 0 amide bonds. The van der Waals surface area contributed by atoms with E-state index >= 15 is 0 Å². The predicted octanol–water partition coefficient (Wildman–Crippen LogP) is 2.21. The number of allylic oxidation sites excluding steroid dienone is 1. The standard InChI is InChI=1S/C28H33N5O4S/c1-6-36-27(35)24-18(2)29-28-33(25(24)19-7-9-20(10-8-19)30(3)4)26(34)22(38-28)17-21-11-12-23(37-21)32-15-13-31(5)14-16-32/h7-12,17,25H,6,13-16H2,1-5H3/b22-17+/t25-/m0/s1. The van der Waals surface area contributed by atoms with Gasteiger partial charge in [0.2, 0.25) is 0 Å². The van der Waals surface area contributed by atoms with E-state index in [2.05, 4.69) is 21.8 Å². The molecule has 0 unspecified atom stereocenters. The SMILES string of the molecule is CCOC(=O)C1=C(C)N=c2s/c(=C/c3ccc(N4CCN(C)CC4)o3)c(=O)n2[C@H]1c1ccc(N(C)C)cc1. The molecule has 3 aromatic rings. The second kappa shape index (κ2) is 10.6. The molecule has 1 fully saturated rings. The van der Waals surface area contributed by atoms with Crippen LogP contribution in [-0.4, -0.2) is 69.4 Å². The van der Waals surface area contributed by atoms with Crippen LogP contribution in [0.25, 0.3) is 6.08 Å². The molecule has 10 heteroatoms. The normalized spacial score (nSPS) is 18.4. The van der Waals surface area contributed by atoms with E-state index in [4.69, 9.17) is 9.15 Å². The zero-order valence-electron chi connectivity index (χ0n) is 22.4. The van der Waals surface area contributed by atoms with E-state index in [0.717, 1.165) is 43.3 Å². The van der Waals surface area contributed by atoms with Crippen LogP contribution in [0.2, 0.25) is 0 Å². The zero-order chi connectivity index (χ0) is 27.0. The van der Waals surface area contributed by atoms with Crippen molar-refractivity contribution in [1.29, 1.82) is 0 Å². The molecule has 4 heterocycles. The number of thiazole rings is 1. The summed E-state index contributed by atoms with van der Waals surface area (Å²) in [5, 5.41) is 0. The summed E-state index contributed by atoms with van der Waals surface area (Å²) >= 11 is 1.29. The summed E-state index contributed by atoms with van der Waals surface area (Å²) in [7, 11) is 6.05. The number of nitrogens with zero attached hydrogens (tertiary/aromatic N) is 5. The molecule has 1 atom stereocenters. The van der Waals surface area contributed by atoms with E-state index < -0.39 is 12.0 Å². The number of carbonyl (C=O) groups excluding carboxylic acids is 1. The molecular formula is C28H33N5O4S. The van der Waals surface area contributed by atoms with Crippen LogP contribution < -0.4 is 24.7 Å². The van der Waals surface area contributed by atoms with Crippen molar-refractivity contribution < 1.29 is 13.9 Å². The van der Waals surface area contributed by atoms with Gasteiger partial charge >= 0.3 is 5.97 Å². The van der Waals surface area contributed by atoms with Crippen LogP contribution in [0, 0.1) is 0 Å². The molecule has 38 heavy (non-hydrogen) atoms. The Morgan fingerprint density at radius 1 is 1.16 bits per heavy atom. The molecule has 0 spiro atoms. The zero-order valence-corrected chi connectivity index (χ0v) is 23.2. The van der Waals surface area contributed by atoms with E-state index in [1.807, 2.05) is 55.4 Å². The molecule has 1 saturated heterocycles. The summed E-state index contributed by atoms with van der Waals surface area (Å²) in [6.45, 7) is 7.55. The minimum atomic E-state index is -0.638. The van der Waals surface area contributed by atoms with Gasteiger partial charge in [-0.25, -0.2) is 9.79 Å². The average Bonchev–Trinajstić information content (AvgIpc) is 3.48. The highest BCUT2D eigenvalue weighted by Crippen LogP contribution is 2.31. The van der Waals surface area contributed by atoms with Gasteiger partial charge in [0, 0.05) is 58.1 Å². The van der Waals surface area contributed by atoms with Crippen molar-refractivity contribution in [1.82, 2.24) is 9.47 Å². The molecule has 5 rings (SSSR count). The average molecular weight is 536 g/mol. The lowest BCUT2D eigenvalue weighted by Crippen LogP contribution is -2.44. The number of carbonyl (C=O) groups is 1. The summed E-state index contributed by atoms with van der Waals surface area (Å²) in [6, 6.07) is 11.1. The predicted molar refractivity (Wildman–Crippen MR) is 150 cm³/mol. The molecule has 0 bridgehead atoms. The number of hydrogen-bond acceptors (Lipinski definition) is 9. The number of fused-ring (bicyclic) bond motifs is 1. The van der Waals surface area contributed by atoms with Crippen molar-refractivity contribution in [3.8, 4) is 0 Å². The number of aromatic nitrogens is 1. The van der Waals surface area contributed by atoms with Gasteiger partial charge in [-0.15, -0.1) is 0 Å². The number of benzene rings is 1. The fraction of sp³-hybridized carbons (Fsp3) is 0.393. The Balaban J connectivity index is 1.57. The highest BCUT2D eigenvalue weighted by Gasteiger charge is 2.33. The maximum absolute atomic E-state index is 13.8. The Morgan fingerprint density at radius 2 is 1.87 bits per heavy atom. The molecule has 2 aliphatic rings. The minimum absolute atomic E-state index is 0.220. The lowest BCUT2D eigenvalue weighted by Gasteiger charge is -2.32. The van der Waals surface area contributed by atoms with Crippen LogP contribution in [-0.2, 0) is 9.53 Å². The van der Waals surface area contributed by atoms with Gasteiger partial charge in [-0.3, -0.25) is 9.36 Å². The molecule has 0 saturated carbocycles. The summed E-state index contributed by atoms with van der Waals surface area (Å²) in [5.74, 6) is 0.946. The topological polar surface area (TPSA) is 83.5 Å². The number of piperazine rings is 1. The van der Waals surface area contributed by atoms with Crippen molar-refractivity contribution in [3.05, 3.63) is 78.7 Å². The highest BCUT2D eigenvalue weighted by atomic mass is 32.1. The van der Waals surface area contributed by atoms with Crippen LogP contribution in [0.3, 0.4) is 0 Å². The molecule has 2 aromatic heterocycles. The molecule has 200 valence electrons. The van der Waals surface area contributed by atoms with Crippen molar-refractivity contribution in [2.24, 2.45) is 4.99 Å². The highest BCUT2D eigenvalue weighted by molar-refractivity contribution is 7.07. The van der Waals surface area contributed by atoms with E-state index in [9.17, 15) is 9.59 Å². The van der Waals surface area contributed by atoms with Gasteiger partial charge in [0.15, 0.2) is 10.7 Å². The quantitative estimate of drug-likeness (QED) is 0.448. The first-order chi connectivity index (χ1) is 18.3. The van der Waals surface area contributed by atoms with Gasteiger partial charge in [-0.1, -0.05) is 23.5 Å².